The molecule has 0 atom stereocenters. The Bertz CT molecular complexity index is 614. The van der Waals surface area contributed by atoms with Gasteiger partial charge in [0.2, 0.25) is 0 Å². The minimum Gasteiger partial charge on any atom is -0.397 e. The fourth-order valence-electron chi connectivity index (χ4n) is 1.69. The molecule has 4 nitrogen and oxygen atoms in total. The highest BCUT2D eigenvalue weighted by molar-refractivity contribution is 7.90. The molecule has 0 aliphatic rings. The lowest BCUT2D eigenvalue weighted by molar-refractivity contribution is 0.596. The van der Waals surface area contributed by atoms with Gasteiger partial charge >= 0.3 is 0 Å². The first-order chi connectivity index (χ1) is 7.53. The third kappa shape index (κ3) is 1.90. The van der Waals surface area contributed by atoms with E-state index < -0.39 is 9.84 Å². The molecule has 16 heavy (non-hydrogen) atoms. The number of anilines is 1. The van der Waals surface area contributed by atoms with Crippen LogP contribution in [-0.2, 0) is 15.6 Å². The third-order valence-electron chi connectivity index (χ3n) is 2.65. The summed E-state index contributed by atoms with van der Waals surface area (Å²) in [6.45, 7) is 1.65. The fraction of sp³-hybridized carbons (Fsp3) is 0.273. The van der Waals surface area contributed by atoms with Crippen LogP contribution in [0.25, 0.3) is 10.9 Å². The van der Waals surface area contributed by atoms with Gasteiger partial charge in [0.15, 0.2) is 9.84 Å². The molecule has 0 amide bonds. The van der Waals surface area contributed by atoms with E-state index in [1.54, 1.807) is 19.2 Å². The molecule has 0 saturated heterocycles. The Labute approximate surface area is 94.4 Å². The fourth-order valence-corrected chi connectivity index (χ4v) is 2.61. The number of sulfone groups is 1. The molecule has 5 heteroatoms. The molecule has 1 aromatic carbocycles. The summed E-state index contributed by atoms with van der Waals surface area (Å²) < 4.78 is 23.1. The smallest absolute Gasteiger partial charge is 0.154 e. The van der Waals surface area contributed by atoms with Crippen molar-refractivity contribution in [3.05, 3.63) is 30.0 Å². The zero-order valence-electron chi connectivity index (χ0n) is 9.03. The van der Waals surface area contributed by atoms with Crippen LogP contribution in [0.3, 0.4) is 0 Å². The first kappa shape index (κ1) is 11.0. The summed E-state index contributed by atoms with van der Waals surface area (Å²) >= 11 is 0. The first-order valence-corrected chi connectivity index (χ1v) is 6.90. The Morgan fingerprint density at radius 2 is 2.12 bits per heavy atom. The van der Waals surface area contributed by atoms with Gasteiger partial charge in [0, 0.05) is 17.3 Å². The maximum Gasteiger partial charge on any atom is 0.154 e. The van der Waals surface area contributed by atoms with Crippen LogP contribution < -0.4 is 5.73 Å². The largest absolute Gasteiger partial charge is 0.397 e. The van der Waals surface area contributed by atoms with Crippen molar-refractivity contribution >= 4 is 26.4 Å². The number of aromatic amines is 1. The number of hydrogen-bond donors (Lipinski definition) is 2. The predicted molar refractivity (Wildman–Crippen MR) is 65.9 cm³/mol. The Hall–Kier alpha value is -1.49. The molecule has 0 fully saturated rings. The Morgan fingerprint density at radius 3 is 2.81 bits per heavy atom. The summed E-state index contributed by atoms with van der Waals surface area (Å²) in [6, 6.07) is 5.49. The van der Waals surface area contributed by atoms with Crippen molar-refractivity contribution in [1.29, 1.82) is 0 Å². The zero-order chi connectivity index (χ0) is 11.8. The lowest BCUT2D eigenvalue weighted by Crippen LogP contribution is -2.05. The van der Waals surface area contributed by atoms with Crippen LogP contribution in [0.5, 0.6) is 0 Å². The van der Waals surface area contributed by atoms with Crippen LogP contribution in [0.15, 0.2) is 24.4 Å². The summed E-state index contributed by atoms with van der Waals surface area (Å²) in [5, 5.41) is 0.886. The van der Waals surface area contributed by atoms with E-state index >= 15 is 0 Å². The normalized spacial score (nSPS) is 12.1. The molecule has 0 spiro atoms. The van der Waals surface area contributed by atoms with Crippen molar-refractivity contribution in [3.8, 4) is 0 Å². The van der Waals surface area contributed by atoms with Crippen LogP contribution in [0.2, 0.25) is 0 Å². The van der Waals surface area contributed by atoms with Gasteiger partial charge in [-0.05, 0) is 11.6 Å². The molecule has 0 saturated carbocycles. The minimum absolute atomic E-state index is 0.0625. The number of H-pyrrole nitrogens is 1. The second kappa shape index (κ2) is 3.83. The molecule has 0 radical (unpaired) electrons. The topological polar surface area (TPSA) is 76.0 Å². The lowest BCUT2D eigenvalue weighted by atomic mass is 10.2. The van der Waals surface area contributed by atoms with Gasteiger partial charge in [-0.2, -0.15) is 0 Å². The summed E-state index contributed by atoms with van der Waals surface area (Å²) in [5.74, 6) is 0.217. The summed E-state index contributed by atoms with van der Waals surface area (Å²) in [5.41, 5.74) is 8.01. The van der Waals surface area contributed by atoms with Crippen LogP contribution in [0.1, 0.15) is 12.5 Å². The third-order valence-corrected chi connectivity index (χ3v) is 4.28. The molecule has 0 aliphatic heterocycles. The number of hydrogen-bond acceptors (Lipinski definition) is 3. The van der Waals surface area contributed by atoms with Crippen molar-refractivity contribution < 1.29 is 8.42 Å². The van der Waals surface area contributed by atoms with Crippen molar-refractivity contribution in [3.63, 3.8) is 0 Å². The predicted octanol–water partition coefficient (Wildman–Crippen LogP) is 1.68. The van der Waals surface area contributed by atoms with Gasteiger partial charge in [0.05, 0.1) is 17.0 Å². The maximum absolute atomic E-state index is 11.6. The summed E-state index contributed by atoms with van der Waals surface area (Å²) in [6.07, 6.45) is 1.72. The maximum atomic E-state index is 11.6. The van der Waals surface area contributed by atoms with Crippen LogP contribution in [0.4, 0.5) is 5.69 Å². The first-order valence-electron chi connectivity index (χ1n) is 5.08. The van der Waals surface area contributed by atoms with Gasteiger partial charge in [0.1, 0.15) is 0 Å². The van der Waals surface area contributed by atoms with Gasteiger partial charge in [-0.1, -0.05) is 19.1 Å². The summed E-state index contributed by atoms with van der Waals surface area (Å²) in [4.78, 5) is 3.01. The number of benzene rings is 1. The quantitative estimate of drug-likeness (QED) is 0.799. The SMILES string of the molecule is CCS(=O)(=O)Cc1c[nH]c2c(N)cccc12. The van der Waals surface area contributed by atoms with Crippen LogP contribution >= 0.6 is 0 Å². The van der Waals surface area contributed by atoms with E-state index in [9.17, 15) is 8.42 Å². The average Bonchev–Trinajstić information content (AvgIpc) is 2.63. The number of fused-ring (bicyclic) bond motifs is 1. The lowest BCUT2D eigenvalue weighted by Gasteiger charge is -2.00. The molecular formula is C11H14N2O2S. The van der Waals surface area contributed by atoms with Crippen molar-refractivity contribution in [1.82, 2.24) is 4.98 Å². The molecule has 3 N–H and O–H groups in total. The van der Waals surface area contributed by atoms with Gasteiger partial charge in [0.25, 0.3) is 0 Å². The molecule has 0 aliphatic carbocycles. The van der Waals surface area contributed by atoms with Gasteiger partial charge in [-0.15, -0.1) is 0 Å². The molecule has 2 rings (SSSR count). The average molecular weight is 238 g/mol. The number of nitrogen functional groups attached to an aromatic ring is 1. The van der Waals surface area contributed by atoms with E-state index in [0.29, 0.717) is 5.69 Å². The standard InChI is InChI=1S/C11H14N2O2S/c1-2-16(14,15)7-8-6-13-11-9(8)4-3-5-10(11)12/h3-6,13H,2,7,12H2,1H3. The molecule has 86 valence electrons. The van der Waals surface area contributed by atoms with E-state index in [4.69, 9.17) is 5.73 Å². The molecule has 1 heterocycles. The van der Waals surface area contributed by atoms with Crippen molar-refractivity contribution in [2.75, 3.05) is 11.5 Å². The van der Waals surface area contributed by atoms with E-state index in [-0.39, 0.29) is 11.5 Å². The molecule has 0 unspecified atom stereocenters. The summed E-state index contributed by atoms with van der Waals surface area (Å²) in [7, 11) is -3.01. The molecule has 1 aromatic heterocycles. The Morgan fingerprint density at radius 1 is 1.38 bits per heavy atom. The second-order valence-electron chi connectivity index (χ2n) is 3.76. The highest BCUT2D eigenvalue weighted by Crippen LogP contribution is 2.24. The minimum atomic E-state index is -3.01. The highest BCUT2D eigenvalue weighted by Gasteiger charge is 2.13. The number of aromatic nitrogens is 1. The monoisotopic (exact) mass is 238 g/mol. The van der Waals surface area contributed by atoms with E-state index in [2.05, 4.69) is 4.98 Å². The van der Waals surface area contributed by atoms with Crippen LogP contribution in [0, 0.1) is 0 Å². The zero-order valence-corrected chi connectivity index (χ0v) is 9.84. The number of para-hydroxylation sites is 1. The number of nitrogens with two attached hydrogens (primary N) is 1. The molecule has 0 bridgehead atoms. The van der Waals surface area contributed by atoms with Crippen LogP contribution in [-0.4, -0.2) is 19.2 Å². The molecular weight excluding hydrogens is 224 g/mol. The number of nitrogens with one attached hydrogen (secondary N) is 1. The highest BCUT2D eigenvalue weighted by atomic mass is 32.2. The van der Waals surface area contributed by atoms with E-state index in [1.807, 2.05) is 12.1 Å². The number of rotatable bonds is 3. The Balaban J connectivity index is 2.51. The molecule has 2 aromatic rings. The van der Waals surface area contributed by atoms with Crippen molar-refractivity contribution in [2.45, 2.75) is 12.7 Å². The van der Waals surface area contributed by atoms with Gasteiger partial charge < -0.3 is 10.7 Å². The Kier molecular flexibility index (Phi) is 2.63. The van der Waals surface area contributed by atoms with Crippen molar-refractivity contribution in [2.24, 2.45) is 0 Å². The van der Waals surface area contributed by atoms with Gasteiger partial charge in [-0.3, -0.25) is 0 Å². The van der Waals surface area contributed by atoms with E-state index in [1.165, 1.54) is 0 Å². The van der Waals surface area contributed by atoms with E-state index in [0.717, 1.165) is 16.5 Å². The second-order valence-corrected chi connectivity index (χ2v) is 6.11. The van der Waals surface area contributed by atoms with Gasteiger partial charge in [-0.25, -0.2) is 8.42 Å².